The first kappa shape index (κ1) is 22.1. The fourth-order valence-electron chi connectivity index (χ4n) is 2.27. The number of guanidine groups is 1. The summed E-state index contributed by atoms with van der Waals surface area (Å²) in [6, 6.07) is 9.89. The van der Waals surface area contributed by atoms with Crippen LogP contribution in [0.2, 0.25) is 5.02 Å². The highest BCUT2D eigenvalue weighted by atomic mass is 35.5. The number of nitrogens with one attached hydrogen (secondary N) is 3. The smallest absolute Gasteiger partial charge is 0.251 e. The molecule has 0 bridgehead atoms. The van der Waals surface area contributed by atoms with Crippen molar-refractivity contribution in [2.45, 2.75) is 13.8 Å². The van der Waals surface area contributed by atoms with Gasteiger partial charge in [0.25, 0.3) is 5.91 Å². The highest BCUT2D eigenvalue weighted by Crippen LogP contribution is 2.19. The standard InChI is InChI=1S/C20H20ClF2N5O/c1-20(2,10-25-18(29)13-6-8-14(21)9-7-13)11-26-19(27-12-24)28-17-15(22)4-3-5-16(17)23/h3-9H,10-11H2,1-2H3,(H,25,29)(H2,26,27,28). The topological polar surface area (TPSA) is 89.3 Å². The number of benzene rings is 2. The SMILES string of the molecule is CC(C)(CN=C(NC#N)Nc1c(F)cccc1F)CNC(=O)c1ccc(Cl)cc1. The number of nitriles is 1. The van der Waals surface area contributed by atoms with E-state index < -0.39 is 22.7 Å². The van der Waals surface area contributed by atoms with Gasteiger partial charge in [0.1, 0.15) is 17.3 Å². The summed E-state index contributed by atoms with van der Waals surface area (Å²) in [6.07, 6.45) is 1.67. The van der Waals surface area contributed by atoms with Crippen molar-refractivity contribution in [1.29, 1.82) is 5.26 Å². The van der Waals surface area contributed by atoms with Crippen LogP contribution in [0.1, 0.15) is 24.2 Å². The van der Waals surface area contributed by atoms with Crippen molar-refractivity contribution in [2.24, 2.45) is 10.4 Å². The van der Waals surface area contributed by atoms with E-state index in [1.165, 1.54) is 6.07 Å². The Morgan fingerprint density at radius 2 is 1.79 bits per heavy atom. The molecule has 0 saturated carbocycles. The molecule has 0 aliphatic rings. The second-order valence-electron chi connectivity index (χ2n) is 6.98. The molecule has 0 aliphatic carbocycles. The number of hydrogen-bond donors (Lipinski definition) is 3. The molecule has 29 heavy (non-hydrogen) atoms. The minimum atomic E-state index is -0.813. The summed E-state index contributed by atoms with van der Waals surface area (Å²) in [7, 11) is 0. The quantitative estimate of drug-likeness (QED) is 0.286. The molecule has 0 heterocycles. The normalized spacial score (nSPS) is 11.5. The average molecular weight is 420 g/mol. The van der Waals surface area contributed by atoms with Crippen molar-refractivity contribution >= 4 is 29.2 Å². The number of anilines is 1. The number of hydrogen-bond acceptors (Lipinski definition) is 3. The van der Waals surface area contributed by atoms with Gasteiger partial charge in [-0.1, -0.05) is 31.5 Å². The Morgan fingerprint density at radius 3 is 2.38 bits per heavy atom. The van der Waals surface area contributed by atoms with Crippen molar-refractivity contribution in [2.75, 3.05) is 18.4 Å². The van der Waals surface area contributed by atoms with Crippen LogP contribution in [0.3, 0.4) is 0 Å². The molecule has 1 amide bonds. The molecule has 0 spiro atoms. The molecule has 2 rings (SSSR count). The summed E-state index contributed by atoms with van der Waals surface area (Å²) in [5.41, 5.74) is -0.444. The van der Waals surface area contributed by atoms with Crippen LogP contribution in [-0.4, -0.2) is 25.0 Å². The number of carbonyl (C=O) groups excluding carboxylic acids is 1. The van der Waals surface area contributed by atoms with Gasteiger partial charge in [-0.05, 0) is 36.4 Å². The number of halogens is 3. The first-order valence-electron chi connectivity index (χ1n) is 8.66. The molecule has 3 N–H and O–H groups in total. The maximum absolute atomic E-state index is 13.8. The molecule has 0 aliphatic heterocycles. The molecule has 0 fully saturated rings. The Kier molecular flexibility index (Phi) is 7.51. The van der Waals surface area contributed by atoms with Crippen molar-refractivity contribution in [1.82, 2.24) is 10.6 Å². The Bertz CT molecular complexity index is 919. The largest absolute Gasteiger partial charge is 0.351 e. The zero-order chi connectivity index (χ0) is 21.4. The van der Waals surface area contributed by atoms with Crippen LogP contribution in [0.25, 0.3) is 0 Å². The van der Waals surface area contributed by atoms with Gasteiger partial charge in [0.2, 0.25) is 5.96 Å². The van der Waals surface area contributed by atoms with E-state index in [0.717, 1.165) is 12.1 Å². The fraction of sp³-hybridized carbons (Fsp3) is 0.250. The van der Waals surface area contributed by atoms with Crippen molar-refractivity contribution < 1.29 is 13.6 Å². The van der Waals surface area contributed by atoms with E-state index in [9.17, 15) is 13.6 Å². The monoisotopic (exact) mass is 419 g/mol. The molecular formula is C20H20ClF2N5O. The maximum Gasteiger partial charge on any atom is 0.251 e. The zero-order valence-corrected chi connectivity index (χ0v) is 16.6. The van der Waals surface area contributed by atoms with E-state index in [1.807, 2.05) is 13.8 Å². The van der Waals surface area contributed by atoms with Gasteiger partial charge in [-0.2, -0.15) is 5.26 Å². The minimum absolute atomic E-state index is 0.103. The lowest BCUT2D eigenvalue weighted by atomic mass is 9.93. The number of carbonyl (C=O) groups is 1. The highest BCUT2D eigenvalue weighted by molar-refractivity contribution is 6.30. The lowest BCUT2D eigenvalue weighted by Gasteiger charge is -2.23. The molecule has 9 heteroatoms. The molecule has 0 saturated heterocycles. The Labute approximate surface area is 172 Å². The lowest BCUT2D eigenvalue weighted by molar-refractivity contribution is 0.0938. The summed E-state index contributed by atoms with van der Waals surface area (Å²) in [5, 5.41) is 16.9. The Hall–Kier alpha value is -3.18. The van der Waals surface area contributed by atoms with Crippen LogP contribution in [0.5, 0.6) is 0 Å². The molecule has 0 radical (unpaired) electrons. The summed E-state index contributed by atoms with van der Waals surface area (Å²) in [4.78, 5) is 16.4. The molecule has 2 aromatic rings. The van der Waals surface area contributed by atoms with Gasteiger partial charge < -0.3 is 10.6 Å². The first-order valence-corrected chi connectivity index (χ1v) is 9.04. The molecule has 0 atom stereocenters. The zero-order valence-electron chi connectivity index (χ0n) is 15.9. The summed E-state index contributed by atoms with van der Waals surface area (Å²) < 4.78 is 27.6. The van der Waals surface area contributed by atoms with E-state index in [0.29, 0.717) is 10.6 Å². The summed E-state index contributed by atoms with van der Waals surface area (Å²) in [6.45, 7) is 4.16. The number of aliphatic imine (C=N–C) groups is 1. The second kappa shape index (κ2) is 9.85. The fourth-order valence-corrected chi connectivity index (χ4v) is 2.40. The Balaban J connectivity index is 2.02. The van der Waals surface area contributed by atoms with E-state index in [-0.39, 0.29) is 25.0 Å². The third-order valence-electron chi connectivity index (χ3n) is 3.88. The second-order valence-corrected chi connectivity index (χ2v) is 7.41. The van der Waals surface area contributed by atoms with Crippen LogP contribution in [0.4, 0.5) is 14.5 Å². The molecule has 6 nitrogen and oxygen atoms in total. The van der Waals surface area contributed by atoms with Gasteiger partial charge in [0.15, 0.2) is 6.19 Å². The van der Waals surface area contributed by atoms with Gasteiger partial charge in [0, 0.05) is 29.1 Å². The van der Waals surface area contributed by atoms with Gasteiger partial charge in [-0.15, -0.1) is 0 Å². The van der Waals surface area contributed by atoms with Gasteiger partial charge in [-0.25, -0.2) is 8.78 Å². The minimum Gasteiger partial charge on any atom is -0.351 e. The number of amides is 1. The van der Waals surface area contributed by atoms with Crippen LogP contribution in [0, 0.1) is 28.5 Å². The van der Waals surface area contributed by atoms with Crippen LogP contribution < -0.4 is 16.0 Å². The van der Waals surface area contributed by atoms with Gasteiger partial charge in [-0.3, -0.25) is 15.1 Å². The molecule has 0 unspecified atom stereocenters. The van der Waals surface area contributed by atoms with Crippen LogP contribution in [0.15, 0.2) is 47.5 Å². The average Bonchev–Trinajstić information content (AvgIpc) is 2.68. The first-order chi connectivity index (χ1) is 13.7. The number of para-hydroxylation sites is 1. The highest BCUT2D eigenvalue weighted by Gasteiger charge is 2.20. The molecule has 2 aromatic carbocycles. The van der Waals surface area contributed by atoms with Gasteiger partial charge in [0.05, 0.1) is 0 Å². The third kappa shape index (κ3) is 6.73. The Morgan fingerprint density at radius 1 is 1.17 bits per heavy atom. The summed E-state index contributed by atoms with van der Waals surface area (Å²) >= 11 is 5.81. The van der Waals surface area contributed by atoms with E-state index in [2.05, 4.69) is 20.9 Å². The molecule has 152 valence electrons. The molecular weight excluding hydrogens is 400 g/mol. The predicted molar refractivity (Wildman–Crippen MR) is 109 cm³/mol. The van der Waals surface area contributed by atoms with E-state index in [1.54, 1.807) is 30.5 Å². The number of nitrogens with zero attached hydrogens (tertiary/aromatic N) is 2. The third-order valence-corrected chi connectivity index (χ3v) is 4.13. The van der Waals surface area contributed by atoms with E-state index >= 15 is 0 Å². The summed E-state index contributed by atoms with van der Waals surface area (Å²) in [5.74, 6) is -1.99. The van der Waals surface area contributed by atoms with Crippen LogP contribution >= 0.6 is 11.6 Å². The van der Waals surface area contributed by atoms with Crippen LogP contribution in [-0.2, 0) is 0 Å². The number of rotatable bonds is 6. The molecule has 0 aromatic heterocycles. The van der Waals surface area contributed by atoms with E-state index in [4.69, 9.17) is 16.9 Å². The lowest BCUT2D eigenvalue weighted by Crippen LogP contribution is -2.37. The maximum atomic E-state index is 13.8. The van der Waals surface area contributed by atoms with Gasteiger partial charge >= 0.3 is 0 Å². The van der Waals surface area contributed by atoms with Crippen molar-refractivity contribution in [3.63, 3.8) is 0 Å². The predicted octanol–water partition coefficient (Wildman–Crippen LogP) is 3.91. The van der Waals surface area contributed by atoms with Crippen molar-refractivity contribution in [3.8, 4) is 6.19 Å². The van der Waals surface area contributed by atoms with Crippen molar-refractivity contribution in [3.05, 3.63) is 64.7 Å².